The third kappa shape index (κ3) is 3.29. The monoisotopic (exact) mass is 344 g/mol. The van der Waals surface area contributed by atoms with Crippen LogP contribution in [0.4, 0.5) is 22.0 Å². The number of carbonyl (C=O) groups is 1. The first-order chi connectivity index (χ1) is 9.95. The highest BCUT2D eigenvalue weighted by atomic mass is 32.2. The van der Waals surface area contributed by atoms with Gasteiger partial charge in [0, 0.05) is 11.3 Å². The van der Waals surface area contributed by atoms with E-state index in [1.54, 1.807) is 6.92 Å². The van der Waals surface area contributed by atoms with Crippen molar-refractivity contribution in [3.63, 3.8) is 0 Å². The number of alkyl halides is 5. The van der Waals surface area contributed by atoms with E-state index < -0.39 is 44.9 Å². The molecule has 0 aliphatic heterocycles. The van der Waals surface area contributed by atoms with Crippen molar-refractivity contribution in [2.45, 2.75) is 37.3 Å². The number of benzene rings is 1. The molecule has 0 bridgehead atoms. The summed E-state index contributed by atoms with van der Waals surface area (Å²) in [5, 5.41) is 8.95. The fraction of sp³-hybridized carbons (Fsp3) is 0.462. The SMILES string of the molecule is CCC[S@](=O)c1c(C(F)(F)C(F)(F)F)ccc(C(=O)O)c1C. The standard InChI is InChI=1S/C13H13F5O3S/c1-3-6-22(21)10-7(2)8(11(19)20)4-5-9(10)12(14,15)13(16,17)18/h4-5H,3,6H2,1-2H3,(H,19,20)/t22-/m0/s1. The number of carboxylic acid groups (broad SMARTS) is 1. The van der Waals surface area contributed by atoms with Crippen LogP contribution in [0.3, 0.4) is 0 Å². The Hall–Kier alpha value is -1.51. The van der Waals surface area contributed by atoms with Crippen LogP contribution in [0.25, 0.3) is 0 Å². The topological polar surface area (TPSA) is 54.4 Å². The lowest BCUT2D eigenvalue weighted by molar-refractivity contribution is -0.290. The van der Waals surface area contributed by atoms with Crippen LogP contribution in [0.5, 0.6) is 0 Å². The van der Waals surface area contributed by atoms with E-state index in [0.717, 1.165) is 6.92 Å². The van der Waals surface area contributed by atoms with Gasteiger partial charge in [0.25, 0.3) is 0 Å². The molecule has 1 atom stereocenters. The Bertz CT molecular complexity index is 610. The Morgan fingerprint density at radius 3 is 2.18 bits per heavy atom. The molecule has 1 rings (SSSR count). The molecular weight excluding hydrogens is 331 g/mol. The van der Waals surface area contributed by atoms with Gasteiger partial charge >= 0.3 is 18.1 Å². The summed E-state index contributed by atoms with van der Waals surface area (Å²) in [6, 6.07) is 1.05. The molecular formula is C13H13F5O3S. The molecule has 0 fully saturated rings. The number of rotatable bonds is 5. The van der Waals surface area contributed by atoms with Crippen LogP contribution in [-0.4, -0.2) is 27.2 Å². The van der Waals surface area contributed by atoms with Crippen LogP contribution in [0, 0.1) is 6.92 Å². The van der Waals surface area contributed by atoms with E-state index in [1.165, 1.54) is 0 Å². The van der Waals surface area contributed by atoms with Gasteiger partial charge in [0.15, 0.2) is 0 Å². The highest BCUT2D eigenvalue weighted by molar-refractivity contribution is 7.85. The van der Waals surface area contributed by atoms with Crippen LogP contribution in [-0.2, 0) is 16.7 Å². The van der Waals surface area contributed by atoms with Gasteiger partial charge in [0.1, 0.15) is 0 Å². The predicted octanol–water partition coefficient (Wildman–Crippen LogP) is 3.86. The lowest BCUT2D eigenvalue weighted by atomic mass is 10.0. The summed E-state index contributed by atoms with van der Waals surface area (Å²) in [7, 11) is -2.16. The first kappa shape index (κ1) is 18.5. The highest BCUT2D eigenvalue weighted by Crippen LogP contribution is 2.46. The minimum Gasteiger partial charge on any atom is -0.478 e. The molecule has 22 heavy (non-hydrogen) atoms. The molecule has 9 heteroatoms. The van der Waals surface area contributed by atoms with Crippen LogP contribution in [0.1, 0.15) is 34.8 Å². The predicted molar refractivity (Wildman–Crippen MR) is 69.7 cm³/mol. The average molecular weight is 344 g/mol. The molecule has 0 aliphatic rings. The minimum atomic E-state index is -5.87. The normalized spacial score (nSPS) is 14.0. The van der Waals surface area contributed by atoms with Crippen LogP contribution < -0.4 is 0 Å². The fourth-order valence-corrected chi connectivity index (χ4v) is 3.37. The Labute approximate surface area is 125 Å². The van der Waals surface area contributed by atoms with Gasteiger partial charge in [-0.25, -0.2) is 4.79 Å². The average Bonchev–Trinajstić information content (AvgIpc) is 2.36. The van der Waals surface area contributed by atoms with Crippen molar-refractivity contribution in [3.8, 4) is 0 Å². The number of hydrogen-bond acceptors (Lipinski definition) is 2. The zero-order valence-corrected chi connectivity index (χ0v) is 12.4. The van der Waals surface area contributed by atoms with Crippen LogP contribution in [0.15, 0.2) is 17.0 Å². The zero-order valence-electron chi connectivity index (χ0n) is 11.6. The van der Waals surface area contributed by atoms with Crippen molar-refractivity contribution in [3.05, 3.63) is 28.8 Å². The molecule has 0 saturated heterocycles. The van der Waals surface area contributed by atoms with E-state index in [1.807, 2.05) is 0 Å². The molecule has 0 radical (unpaired) electrons. The van der Waals surface area contributed by atoms with Gasteiger partial charge in [-0.2, -0.15) is 22.0 Å². The van der Waals surface area contributed by atoms with E-state index in [-0.39, 0.29) is 17.7 Å². The molecule has 1 aromatic rings. The number of halogens is 5. The molecule has 0 heterocycles. The third-order valence-electron chi connectivity index (χ3n) is 2.95. The summed E-state index contributed by atoms with van der Waals surface area (Å²) in [5.74, 6) is -6.85. The first-order valence-corrected chi connectivity index (χ1v) is 7.47. The second-order valence-electron chi connectivity index (χ2n) is 4.54. The van der Waals surface area contributed by atoms with Crippen molar-refractivity contribution >= 4 is 16.8 Å². The molecule has 0 aromatic heterocycles. The zero-order chi connectivity index (χ0) is 17.3. The second kappa shape index (κ2) is 6.31. The van der Waals surface area contributed by atoms with Gasteiger partial charge in [-0.1, -0.05) is 13.0 Å². The molecule has 1 N–H and O–H groups in total. The maximum Gasteiger partial charge on any atom is 0.458 e. The quantitative estimate of drug-likeness (QED) is 0.825. The van der Waals surface area contributed by atoms with E-state index >= 15 is 0 Å². The van der Waals surface area contributed by atoms with E-state index in [9.17, 15) is 31.0 Å². The van der Waals surface area contributed by atoms with E-state index in [4.69, 9.17) is 5.11 Å². The molecule has 0 spiro atoms. The molecule has 0 amide bonds. The van der Waals surface area contributed by atoms with Gasteiger partial charge in [-0.05, 0) is 25.0 Å². The molecule has 3 nitrogen and oxygen atoms in total. The number of carboxylic acids is 1. The Balaban J connectivity index is 3.69. The molecule has 0 unspecified atom stereocenters. The van der Waals surface area contributed by atoms with Crippen molar-refractivity contribution in [2.75, 3.05) is 5.75 Å². The summed E-state index contributed by atoms with van der Waals surface area (Å²) in [4.78, 5) is 10.2. The van der Waals surface area contributed by atoms with Gasteiger partial charge in [-0.15, -0.1) is 0 Å². The number of aromatic carboxylic acids is 1. The first-order valence-electron chi connectivity index (χ1n) is 6.15. The maximum absolute atomic E-state index is 13.6. The Morgan fingerprint density at radius 2 is 1.77 bits per heavy atom. The number of hydrogen-bond donors (Lipinski definition) is 1. The van der Waals surface area contributed by atoms with Gasteiger partial charge in [0.05, 0.1) is 21.3 Å². The summed E-state index contributed by atoms with van der Waals surface area (Å²) < 4.78 is 77.0. The molecule has 124 valence electrons. The third-order valence-corrected chi connectivity index (χ3v) is 4.71. The van der Waals surface area contributed by atoms with E-state index in [0.29, 0.717) is 12.1 Å². The van der Waals surface area contributed by atoms with Crippen molar-refractivity contribution in [2.24, 2.45) is 0 Å². The van der Waals surface area contributed by atoms with Gasteiger partial charge in [-0.3, -0.25) is 4.21 Å². The van der Waals surface area contributed by atoms with E-state index in [2.05, 4.69) is 0 Å². The van der Waals surface area contributed by atoms with Gasteiger partial charge in [0.2, 0.25) is 0 Å². The molecule has 1 aromatic carbocycles. The van der Waals surface area contributed by atoms with Crippen LogP contribution in [0.2, 0.25) is 0 Å². The van der Waals surface area contributed by atoms with Crippen molar-refractivity contribution in [1.29, 1.82) is 0 Å². The highest BCUT2D eigenvalue weighted by Gasteiger charge is 2.60. The lowest BCUT2D eigenvalue weighted by Gasteiger charge is -2.24. The Morgan fingerprint density at radius 1 is 1.23 bits per heavy atom. The van der Waals surface area contributed by atoms with Crippen molar-refractivity contribution in [1.82, 2.24) is 0 Å². The smallest absolute Gasteiger partial charge is 0.458 e. The maximum atomic E-state index is 13.6. The summed E-state index contributed by atoms with van der Waals surface area (Å²) in [6.07, 6.45) is -5.59. The summed E-state index contributed by atoms with van der Waals surface area (Å²) >= 11 is 0. The molecule has 0 aliphatic carbocycles. The lowest BCUT2D eigenvalue weighted by Crippen LogP contribution is -2.35. The second-order valence-corrected chi connectivity index (χ2v) is 6.05. The molecule has 0 saturated carbocycles. The van der Waals surface area contributed by atoms with Crippen molar-refractivity contribution < 1.29 is 36.1 Å². The fourth-order valence-electron chi connectivity index (χ4n) is 1.90. The van der Waals surface area contributed by atoms with Crippen LogP contribution >= 0.6 is 0 Å². The minimum absolute atomic E-state index is 0.148. The summed E-state index contributed by atoms with van der Waals surface area (Å²) in [5.41, 5.74) is -2.27. The Kier molecular flexibility index (Phi) is 5.32. The largest absolute Gasteiger partial charge is 0.478 e. The summed E-state index contributed by atoms with van der Waals surface area (Å²) in [6.45, 7) is 2.65. The van der Waals surface area contributed by atoms with Gasteiger partial charge < -0.3 is 5.11 Å².